The van der Waals surface area contributed by atoms with Crippen molar-refractivity contribution in [1.29, 1.82) is 0 Å². The van der Waals surface area contributed by atoms with Gasteiger partial charge in [-0.1, -0.05) is 297 Å². The number of aromatic nitrogens is 6. The average molecular weight is 1410 g/mol. The molecule has 6 heteroatoms. The third-order valence-corrected chi connectivity index (χ3v) is 22.7. The Morgan fingerprint density at radius 3 is 0.784 bits per heavy atom. The minimum absolute atomic E-state index is 0.977. The molecule has 0 aliphatic rings. The summed E-state index contributed by atoms with van der Waals surface area (Å²) >= 11 is 0. The molecule has 516 valence electrons. The Morgan fingerprint density at radius 1 is 0.153 bits per heavy atom. The molecule has 0 unspecified atom stereocenters. The van der Waals surface area contributed by atoms with Crippen LogP contribution in [0.5, 0.6) is 0 Å². The number of pyridine rings is 3. The largest absolute Gasteiger partial charge is 0.309 e. The predicted molar refractivity (Wildman–Crippen MR) is 470 cm³/mol. The van der Waals surface area contributed by atoms with E-state index in [4.69, 9.17) is 15.0 Å². The lowest BCUT2D eigenvalue weighted by molar-refractivity contribution is 1.18. The van der Waals surface area contributed by atoms with Gasteiger partial charge in [-0.05, 0) is 152 Å². The van der Waals surface area contributed by atoms with Gasteiger partial charge in [0.15, 0.2) is 0 Å². The Bertz CT molecular complexity index is 7650. The van der Waals surface area contributed by atoms with Gasteiger partial charge in [0.25, 0.3) is 0 Å². The van der Waals surface area contributed by atoms with Crippen molar-refractivity contribution in [2.75, 3.05) is 0 Å². The summed E-state index contributed by atoms with van der Waals surface area (Å²) in [5, 5.41) is 26.0. The van der Waals surface area contributed by atoms with E-state index in [1.165, 1.54) is 146 Å². The summed E-state index contributed by atoms with van der Waals surface area (Å²) in [6.45, 7) is 0. The Hall–Kier alpha value is -14.9. The number of fused-ring (bicyclic) bond motifs is 27. The second-order valence-corrected chi connectivity index (χ2v) is 28.8. The number of hydrogen-bond acceptors (Lipinski definition) is 3. The van der Waals surface area contributed by atoms with Gasteiger partial charge in [-0.3, -0.25) is 0 Å². The van der Waals surface area contributed by atoms with E-state index in [0.29, 0.717) is 0 Å². The fraction of sp³-hybridized carbons (Fsp3) is 0. The molecule has 6 aromatic heterocycles. The van der Waals surface area contributed by atoms with Gasteiger partial charge in [-0.15, -0.1) is 0 Å². The second-order valence-electron chi connectivity index (χ2n) is 28.8. The highest BCUT2D eigenvalue weighted by Crippen LogP contribution is 2.43. The van der Waals surface area contributed by atoms with E-state index in [0.717, 1.165) is 67.4 Å². The summed E-state index contributed by atoms with van der Waals surface area (Å²) < 4.78 is 7.09. The SMILES string of the molecule is c1cc(-c2ccc3c4ccccc4c4ccccc4c3n2)cc(-n2c3ccccc3c3ccccc32)c1.c1ccc(-n2c3ccccc3c3ccccc32)c(-c2ccc3c4ccccc4c4ccccc4c3n2)c1.c1ccc2c(c1)c1ccccc1c1nc(-c3ccc(-n4c5ccccc5c5ccccc54)cc3)ccc21. The van der Waals surface area contributed by atoms with E-state index in [2.05, 4.69) is 414 Å². The molecule has 0 amide bonds. The van der Waals surface area contributed by atoms with Gasteiger partial charge in [-0.2, -0.15) is 0 Å². The summed E-state index contributed by atoms with van der Waals surface area (Å²) in [4.78, 5) is 15.8. The number of benzene rings is 18. The van der Waals surface area contributed by atoms with E-state index in [1.54, 1.807) is 0 Å². The molecule has 18 aromatic carbocycles. The standard InChI is InChI=1S/3C35H22N2/c1-2-13-25-23(11-1)24-12-3-4-16-28(24)35-29(25)21-22-31(36-35)30-17-7-10-20-34(30)37-32-18-8-5-14-26(32)27-15-6-9-19-33(27)37;1-2-14-27-25(12-1)26-13-3-4-17-30(26)35-31(27)20-21-32(36-35)23-10-9-11-24(22-23)37-33-18-7-5-15-28(33)29-16-6-8-19-34(29)37;1-2-11-27-25(9-1)26-10-3-4-14-30(26)35-31(27)21-22-32(36-35)23-17-19-24(20-18-23)37-33-15-7-5-12-28(33)29-13-6-8-16-34(29)37/h3*1-22H. The number of para-hydroxylation sites is 7. The van der Waals surface area contributed by atoms with Gasteiger partial charge in [-0.25, -0.2) is 15.0 Å². The molecule has 0 atom stereocenters. The van der Waals surface area contributed by atoms with E-state index >= 15 is 0 Å². The summed E-state index contributed by atoms with van der Waals surface area (Å²) in [7, 11) is 0. The van der Waals surface area contributed by atoms with Crippen LogP contribution < -0.4 is 0 Å². The Morgan fingerprint density at radius 2 is 0.414 bits per heavy atom. The zero-order chi connectivity index (χ0) is 73.0. The third-order valence-electron chi connectivity index (χ3n) is 22.7. The predicted octanol–water partition coefficient (Wildman–Crippen LogP) is 27.9. The maximum atomic E-state index is 5.34. The highest BCUT2D eigenvalue weighted by atomic mass is 15.0. The quantitative estimate of drug-likeness (QED) is 0.156. The van der Waals surface area contributed by atoms with Gasteiger partial charge in [0.1, 0.15) is 0 Å². The normalized spacial score (nSPS) is 11.8. The third kappa shape index (κ3) is 10.3. The smallest absolute Gasteiger partial charge is 0.0794 e. The second kappa shape index (κ2) is 26.0. The zero-order valence-corrected chi connectivity index (χ0v) is 60.3. The molecule has 0 aliphatic heterocycles. The molecule has 0 saturated heterocycles. The van der Waals surface area contributed by atoms with Crippen LogP contribution in [0.15, 0.2) is 400 Å². The van der Waals surface area contributed by atoms with Crippen LogP contribution in [0.4, 0.5) is 0 Å². The highest BCUT2D eigenvalue weighted by Gasteiger charge is 2.21. The first-order valence-corrected chi connectivity index (χ1v) is 38.0. The number of hydrogen-bond donors (Lipinski definition) is 0. The summed E-state index contributed by atoms with van der Waals surface area (Å²) in [5.41, 5.74) is 20.1. The average Bonchev–Trinajstić information content (AvgIpc) is 1.01. The first-order chi connectivity index (χ1) is 55.1. The first kappa shape index (κ1) is 63.4. The van der Waals surface area contributed by atoms with Crippen molar-refractivity contribution in [2.45, 2.75) is 0 Å². The molecule has 0 spiro atoms. The highest BCUT2D eigenvalue weighted by molar-refractivity contribution is 6.27. The molecule has 0 aliphatic carbocycles. The van der Waals surface area contributed by atoms with Crippen LogP contribution in [0.1, 0.15) is 0 Å². The van der Waals surface area contributed by atoms with Crippen LogP contribution in [0, 0.1) is 0 Å². The molecule has 6 nitrogen and oxygen atoms in total. The molecular weight excluding hydrogens is 1350 g/mol. The molecule has 111 heavy (non-hydrogen) atoms. The molecule has 6 heterocycles. The van der Waals surface area contributed by atoms with Gasteiger partial charge in [0.05, 0.1) is 72.4 Å². The lowest BCUT2D eigenvalue weighted by atomic mass is 9.96. The minimum Gasteiger partial charge on any atom is -0.309 e. The summed E-state index contributed by atoms with van der Waals surface area (Å²) in [6, 6.07) is 143. The first-order valence-electron chi connectivity index (χ1n) is 38.0. The van der Waals surface area contributed by atoms with Crippen molar-refractivity contribution in [3.05, 3.63) is 400 Å². The van der Waals surface area contributed by atoms with Gasteiger partial charge < -0.3 is 13.7 Å². The topological polar surface area (TPSA) is 53.5 Å². The van der Waals surface area contributed by atoms with Gasteiger partial charge in [0, 0.05) is 92.7 Å². The molecular formula is C105H66N6. The molecule has 0 N–H and O–H groups in total. The van der Waals surface area contributed by atoms with Crippen molar-refractivity contribution >= 4 is 163 Å². The van der Waals surface area contributed by atoms with E-state index in [1.807, 2.05) is 0 Å². The van der Waals surface area contributed by atoms with Crippen LogP contribution in [-0.2, 0) is 0 Å². The monoisotopic (exact) mass is 1410 g/mol. The molecule has 24 rings (SSSR count). The van der Waals surface area contributed by atoms with Crippen LogP contribution in [0.25, 0.3) is 214 Å². The number of nitrogens with zero attached hydrogens (tertiary/aromatic N) is 6. The van der Waals surface area contributed by atoms with Crippen LogP contribution >= 0.6 is 0 Å². The Labute approximate surface area is 638 Å². The van der Waals surface area contributed by atoms with Crippen molar-refractivity contribution in [3.8, 4) is 50.8 Å². The fourth-order valence-electron chi connectivity index (χ4n) is 17.8. The molecule has 0 saturated carbocycles. The molecule has 0 bridgehead atoms. The Kier molecular flexibility index (Phi) is 14.9. The molecule has 0 fully saturated rings. The Balaban J connectivity index is 0.000000102. The molecule has 0 radical (unpaired) electrons. The lowest BCUT2D eigenvalue weighted by Crippen LogP contribution is -1.98. The van der Waals surface area contributed by atoms with Crippen molar-refractivity contribution in [1.82, 2.24) is 28.7 Å². The van der Waals surface area contributed by atoms with Gasteiger partial charge in [0.2, 0.25) is 0 Å². The summed E-state index contributed by atoms with van der Waals surface area (Å²) in [6.07, 6.45) is 0. The maximum absolute atomic E-state index is 5.34. The van der Waals surface area contributed by atoms with Crippen LogP contribution in [0.2, 0.25) is 0 Å². The van der Waals surface area contributed by atoms with Crippen LogP contribution in [-0.4, -0.2) is 28.7 Å². The van der Waals surface area contributed by atoms with Crippen molar-refractivity contribution < 1.29 is 0 Å². The maximum Gasteiger partial charge on any atom is 0.0794 e. The van der Waals surface area contributed by atoms with E-state index in [-0.39, 0.29) is 0 Å². The van der Waals surface area contributed by atoms with Crippen LogP contribution in [0.3, 0.4) is 0 Å². The zero-order valence-electron chi connectivity index (χ0n) is 60.3. The lowest BCUT2D eigenvalue weighted by Gasteiger charge is -2.15. The fourth-order valence-corrected chi connectivity index (χ4v) is 17.8. The van der Waals surface area contributed by atoms with Crippen molar-refractivity contribution in [3.63, 3.8) is 0 Å². The van der Waals surface area contributed by atoms with Crippen molar-refractivity contribution in [2.24, 2.45) is 0 Å². The minimum atomic E-state index is 0.977. The number of rotatable bonds is 6. The van der Waals surface area contributed by atoms with E-state index < -0.39 is 0 Å². The van der Waals surface area contributed by atoms with E-state index in [9.17, 15) is 0 Å². The molecule has 24 aromatic rings. The van der Waals surface area contributed by atoms with Gasteiger partial charge >= 0.3 is 0 Å². The summed E-state index contributed by atoms with van der Waals surface area (Å²) in [5.74, 6) is 0.